The van der Waals surface area contributed by atoms with Crippen LogP contribution < -0.4 is 0 Å². The summed E-state index contributed by atoms with van der Waals surface area (Å²) in [5, 5.41) is 10.5. The van der Waals surface area contributed by atoms with Crippen LogP contribution in [0.3, 0.4) is 0 Å². The molecule has 3 nitrogen and oxygen atoms in total. The Bertz CT molecular complexity index is 274. The lowest BCUT2D eigenvalue weighted by molar-refractivity contribution is -0.109. The Balaban J connectivity index is 2.76. The molecule has 1 unspecified atom stereocenters. The van der Waals surface area contributed by atoms with Gasteiger partial charge in [-0.25, -0.2) is 0 Å². The Hall–Kier alpha value is -1.19. The van der Waals surface area contributed by atoms with Crippen LogP contribution in [-0.2, 0) is 4.79 Å². The second-order valence-corrected chi connectivity index (χ2v) is 3.09. The van der Waals surface area contributed by atoms with Crippen molar-refractivity contribution in [3.63, 3.8) is 0 Å². The number of hydrogen-bond acceptors (Lipinski definition) is 3. The monoisotopic (exact) mass is 192 g/mol. The maximum absolute atomic E-state index is 10.7. The molecule has 1 aromatic rings. The normalized spacial score (nSPS) is 12.8. The molecule has 1 rings (SSSR count). The van der Waals surface area contributed by atoms with E-state index in [1.54, 1.807) is 12.1 Å². The molecule has 1 N–H and O–H groups in total. The van der Waals surface area contributed by atoms with Crippen LogP contribution in [0, 0.1) is 0 Å². The van der Waals surface area contributed by atoms with Crippen molar-refractivity contribution in [3.8, 4) is 0 Å². The van der Waals surface area contributed by atoms with E-state index in [9.17, 15) is 10.0 Å². The van der Waals surface area contributed by atoms with E-state index in [2.05, 4.69) is 0 Å². The molecule has 0 saturated heterocycles. The summed E-state index contributed by atoms with van der Waals surface area (Å²) in [6, 6.07) is 8.46. The average molecular weight is 192 g/mol. The molecule has 0 aliphatic rings. The fraction of sp³-hybridized carbons (Fsp3) is 0.364. The molecule has 75 valence electrons. The van der Waals surface area contributed by atoms with E-state index < -0.39 is 6.04 Å². The minimum atomic E-state index is -0.670. The van der Waals surface area contributed by atoms with Gasteiger partial charge in [-0.3, -0.25) is 4.79 Å². The van der Waals surface area contributed by atoms with Gasteiger partial charge in [0, 0.05) is 6.54 Å². The van der Waals surface area contributed by atoms with Gasteiger partial charge in [-0.15, -0.1) is 0 Å². The van der Waals surface area contributed by atoms with Gasteiger partial charge < -0.3 is 5.21 Å². The highest BCUT2D eigenvalue weighted by molar-refractivity contribution is 5.61. The molecule has 0 aromatic heterocycles. The Labute approximate surface area is 83.9 Å². The Morgan fingerprint density at radius 2 is 2.07 bits per heavy atom. The molecule has 0 aliphatic carbocycles. The van der Waals surface area contributed by atoms with Gasteiger partial charge in [0.25, 0.3) is 0 Å². The van der Waals surface area contributed by atoms with Crippen LogP contribution >= 0.6 is 0 Å². The summed E-state index contributed by atoms with van der Waals surface area (Å²) < 4.78 is 0. The molecule has 1 aromatic carbocycles. The maximum atomic E-state index is 10.7. The summed E-state index contributed by atoms with van der Waals surface area (Å²) in [5.41, 5.74) is 0.762. The van der Waals surface area contributed by atoms with E-state index in [0.29, 0.717) is 6.54 Å². The van der Waals surface area contributed by atoms with E-state index in [0.717, 1.165) is 17.0 Å². The van der Waals surface area contributed by atoms with Crippen LogP contribution in [0.5, 0.6) is 0 Å². The SMILES string of the molecule is CCCN(O)C([C]=O)c1ccccc1. The van der Waals surface area contributed by atoms with E-state index in [4.69, 9.17) is 0 Å². The summed E-state index contributed by atoms with van der Waals surface area (Å²) in [4.78, 5) is 10.7. The van der Waals surface area contributed by atoms with Crippen molar-refractivity contribution in [1.82, 2.24) is 5.06 Å². The molecule has 0 amide bonds. The standard InChI is InChI=1S/C11H14NO2/c1-2-8-12(14)11(9-13)10-6-4-3-5-7-10/h3-7,11,14H,2,8H2,1H3. The van der Waals surface area contributed by atoms with Crippen molar-refractivity contribution in [2.24, 2.45) is 0 Å². The lowest BCUT2D eigenvalue weighted by Gasteiger charge is -2.20. The van der Waals surface area contributed by atoms with Crippen LogP contribution in [0.4, 0.5) is 0 Å². The average Bonchev–Trinajstić information content (AvgIpc) is 2.21. The third-order valence-electron chi connectivity index (χ3n) is 1.98. The molecule has 0 bridgehead atoms. The Morgan fingerprint density at radius 3 is 2.57 bits per heavy atom. The van der Waals surface area contributed by atoms with Crippen molar-refractivity contribution in [3.05, 3.63) is 35.9 Å². The molecular formula is C11H14NO2. The lowest BCUT2D eigenvalue weighted by Crippen LogP contribution is -2.27. The van der Waals surface area contributed by atoms with Gasteiger partial charge in [-0.05, 0) is 12.0 Å². The van der Waals surface area contributed by atoms with E-state index >= 15 is 0 Å². The second-order valence-electron chi connectivity index (χ2n) is 3.09. The smallest absolute Gasteiger partial charge is 0.224 e. The predicted molar refractivity (Wildman–Crippen MR) is 53.7 cm³/mol. The second kappa shape index (κ2) is 5.52. The van der Waals surface area contributed by atoms with Crippen molar-refractivity contribution in [2.75, 3.05) is 6.54 Å². The van der Waals surface area contributed by atoms with Crippen LogP contribution in [0.2, 0.25) is 0 Å². The first-order valence-electron chi connectivity index (χ1n) is 4.67. The molecule has 0 spiro atoms. The highest BCUT2D eigenvalue weighted by Gasteiger charge is 2.17. The van der Waals surface area contributed by atoms with Gasteiger partial charge >= 0.3 is 0 Å². The number of nitrogens with zero attached hydrogens (tertiary/aromatic N) is 1. The number of hydrogen-bond donors (Lipinski definition) is 1. The van der Waals surface area contributed by atoms with Gasteiger partial charge in [0.1, 0.15) is 6.04 Å². The molecule has 14 heavy (non-hydrogen) atoms. The van der Waals surface area contributed by atoms with Crippen LogP contribution in [-0.4, -0.2) is 23.1 Å². The quantitative estimate of drug-likeness (QED) is 0.725. The van der Waals surface area contributed by atoms with Crippen molar-refractivity contribution >= 4 is 6.29 Å². The third-order valence-corrected chi connectivity index (χ3v) is 1.98. The zero-order chi connectivity index (χ0) is 10.4. The summed E-state index contributed by atoms with van der Waals surface area (Å²) >= 11 is 0. The van der Waals surface area contributed by atoms with Gasteiger partial charge in [0.15, 0.2) is 0 Å². The van der Waals surface area contributed by atoms with Crippen LogP contribution in [0.15, 0.2) is 30.3 Å². The van der Waals surface area contributed by atoms with Gasteiger partial charge in [0.2, 0.25) is 6.29 Å². The third kappa shape index (κ3) is 2.65. The van der Waals surface area contributed by atoms with Crippen molar-refractivity contribution < 1.29 is 10.0 Å². The first-order valence-corrected chi connectivity index (χ1v) is 4.67. The van der Waals surface area contributed by atoms with E-state index in [-0.39, 0.29) is 0 Å². The van der Waals surface area contributed by atoms with Gasteiger partial charge in [-0.1, -0.05) is 37.3 Å². The summed E-state index contributed by atoms with van der Waals surface area (Å²) in [6.45, 7) is 2.41. The number of carbonyl (C=O) groups excluding carboxylic acids is 1. The van der Waals surface area contributed by atoms with Crippen LogP contribution in [0.1, 0.15) is 24.9 Å². The number of rotatable bonds is 5. The van der Waals surface area contributed by atoms with Gasteiger partial charge in [0.05, 0.1) is 0 Å². The first kappa shape index (κ1) is 10.9. The highest BCUT2D eigenvalue weighted by atomic mass is 16.5. The summed E-state index contributed by atoms with van der Waals surface area (Å²) in [7, 11) is 0. The molecule has 1 radical (unpaired) electrons. The minimum Gasteiger partial charge on any atom is -0.313 e. The molecule has 0 saturated carbocycles. The fourth-order valence-electron chi connectivity index (χ4n) is 1.29. The number of benzene rings is 1. The van der Waals surface area contributed by atoms with E-state index in [1.807, 2.05) is 31.4 Å². The molecular weight excluding hydrogens is 178 g/mol. The van der Waals surface area contributed by atoms with Crippen molar-refractivity contribution in [2.45, 2.75) is 19.4 Å². The maximum Gasteiger partial charge on any atom is 0.224 e. The minimum absolute atomic E-state index is 0.467. The Kier molecular flexibility index (Phi) is 4.29. The molecule has 3 heteroatoms. The van der Waals surface area contributed by atoms with Crippen LogP contribution in [0.25, 0.3) is 0 Å². The largest absolute Gasteiger partial charge is 0.313 e. The predicted octanol–water partition coefficient (Wildman–Crippen LogP) is 1.94. The summed E-state index contributed by atoms with van der Waals surface area (Å²) in [5.74, 6) is 0. The lowest BCUT2D eigenvalue weighted by atomic mass is 10.1. The van der Waals surface area contributed by atoms with E-state index in [1.165, 1.54) is 0 Å². The topological polar surface area (TPSA) is 40.5 Å². The van der Waals surface area contributed by atoms with Crippen molar-refractivity contribution in [1.29, 1.82) is 0 Å². The molecule has 0 fully saturated rings. The highest BCUT2D eigenvalue weighted by Crippen LogP contribution is 2.16. The molecule has 0 aliphatic heterocycles. The zero-order valence-electron chi connectivity index (χ0n) is 8.18. The molecule has 1 atom stereocenters. The summed E-state index contributed by atoms with van der Waals surface area (Å²) in [6.07, 6.45) is 2.62. The fourth-order valence-corrected chi connectivity index (χ4v) is 1.29. The number of hydroxylamine groups is 2. The Morgan fingerprint density at radius 1 is 1.43 bits per heavy atom. The molecule has 0 heterocycles. The first-order chi connectivity index (χ1) is 6.79. The van der Waals surface area contributed by atoms with Gasteiger partial charge in [-0.2, -0.15) is 5.06 Å². The zero-order valence-corrected chi connectivity index (χ0v) is 8.18.